The fraction of sp³-hybridized carbons (Fsp3) is 0.263. The number of halogens is 2. The van der Waals surface area contributed by atoms with Crippen LogP contribution >= 0.6 is 24.8 Å². The van der Waals surface area contributed by atoms with E-state index in [1.54, 1.807) is 37.6 Å². The molecule has 0 spiro atoms. The smallest absolute Gasteiger partial charge is 0.261 e. The number of benzene rings is 1. The van der Waals surface area contributed by atoms with Gasteiger partial charge in [0.25, 0.3) is 17.7 Å². The lowest BCUT2D eigenvalue weighted by atomic mass is 10.0. The van der Waals surface area contributed by atoms with Crippen molar-refractivity contribution in [2.75, 3.05) is 13.6 Å². The Hall–Kier alpha value is -2.48. The standard InChI is InChI=1S/C19H20N4O3.2ClH/c1-12(10-20)22(2)17(24)14-3-4-15-16(9-14)19(26)23(18(15)25)11-13-5-7-21-8-6-13;;/h3-9,12H,10-11,20H2,1-2H3;2*1H. The molecule has 150 valence electrons. The molecule has 1 aliphatic rings. The number of aromatic nitrogens is 1. The average Bonchev–Trinajstić information content (AvgIpc) is 2.91. The lowest BCUT2D eigenvalue weighted by Crippen LogP contribution is -2.39. The molecule has 0 saturated heterocycles. The van der Waals surface area contributed by atoms with Crippen LogP contribution in [-0.4, -0.2) is 52.1 Å². The van der Waals surface area contributed by atoms with E-state index < -0.39 is 5.91 Å². The van der Waals surface area contributed by atoms with Gasteiger partial charge in [-0.1, -0.05) is 0 Å². The summed E-state index contributed by atoms with van der Waals surface area (Å²) >= 11 is 0. The highest BCUT2D eigenvalue weighted by atomic mass is 35.5. The van der Waals surface area contributed by atoms with Crippen LogP contribution in [0.4, 0.5) is 0 Å². The van der Waals surface area contributed by atoms with Gasteiger partial charge in [-0.05, 0) is 42.8 Å². The summed E-state index contributed by atoms with van der Waals surface area (Å²) in [6.45, 7) is 2.35. The molecule has 1 unspecified atom stereocenters. The maximum absolute atomic E-state index is 12.7. The zero-order valence-corrected chi connectivity index (χ0v) is 17.1. The minimum atomic E-state index is -0.397. The first-order valence-electron chi connectivity index (χ1n) is 8.30. The van der Waals surface area contributed by atoms with Crippen LogP contribution < -0.4 is 5.73 Å². The van der Waals surface area contributed by atoms with Gasteiger partial charge in [0.15, 0.2) is 0 Å². The third-order valence-corrected chi connectivity index (χ3v) is 4.63. The van der Waals surface area contributed by atoms with E-state index >= 15 is 0 Å². The van der Waals surface area contributed by atoms with Gasteiger partial charge in [0, 0.05) is 37.6 Å². The van der Waals surface area contributed by atoms with Crippen LogP contribution in [0.2, 0.25) is 0 Å². The highest BCUT2D eigenvalue weighted by molar-refractivity contribution is 6.22. The molecule has 0 bridgehead atoms. The van der Waals surface area contributed by atoms with Gasteiger partial charge in [0.05, 0.1) is 17.7 Å². The summed E-state index contributed by atoms with van der Waals surface area (Å²) in [6.07, 6.45) is 3.22. The Labute approximate surface area is 175 Å². The lowest BCUT2D eigenvalue weighted by Gasteiger charge is -2.23. The molecule has 2 aromatic rings. The molecule has 2 heterocycles. The number of rotatable bonds is 5. The van der Waals surface area contributed by atoms with Crippen LogP contribution in [0.3, 0.4) is 0 Å². The number of imide groups is 1. The van der Waals surface area contributed by atoms with Gasteiger partial charge in [-0.25, -0.2) is 0 Å². The molecule has 3 amide bonds. The van der Waals surface area contributed by atoms with Gasteiger partial charge in [0.1, 0.15) is 0 Å². The second-order valence-corrected chi connectivity index (χ2v) is 6.31. The Bertz CT molecular complexity index is 877. The van der Waals surface area contributed by atoms with Crippen molar-refractivity contribution in [2.45, 2.75) is 19.5 Å². The molecule has 28 heavy (non-hydrogen) atoms. The van der Waals surface area contributed by atoms with Crippen molar-refractivity contribution in [1.29, 1.82) is 0 Å². The molecule has 9 heteroatoms. The highest BCUT2D eigenvalue weighted by Crippen LogP contribution is 2.26. The van der Waals surface area contributed by atoms with Gasteiger partial charge in [-0.3, -0.25) is 24.3 Å². The monoisotopic (exact) mass is 424 g/mol. The van der Waals surface area contributed by atoms with Crippen LogP contribution in [0, 0.1) is 0 Å². The van der Waals surface area contributed by atoms with E-state index in [2.05, 4.69) is 4.98 Å². The van der Waals surface area contributed by atoms with E-state index in [-0.39, 0.29) is 54.8 Å². The average molecular weight is 425 g/mol. The van der Waals surface area contributed by atoms with Crippen LogP contribution in [0.25, 0.3) is 0 Å². The number of hydrogen-bond donors (Lipinski definition) is 1. The first-order valence-corrected chi connectivity index (χ1v) is 8.30. The second-order valence-electron chi connectivity index (χ2n) is 6.31. The maximum atomic E-state index is 12.7. The number of nitrogens with two attached hydrogens (primary N) is 1. The minimum Gasteiger partial charge on any atom is -0.338 e. The van der Waals surface area contributed by atoms with Crippen LogP contribution in [0.1, 0.15) is 43.6 Å². The zero-order chi connectivity index (χ0) is 18.8. The number of nitrogens with zero attached hydrogens (tertiary/aromatic N) is 3. The molecular weight excluding hydrogens is 403 g/mol. The molecule has 2 N–H and O–H groups in total. The molecule has 1 aromatic heterocycles. The molecule has 1 atom stereocenters. The van der Waals surface area contributed by atoms with Crippen molar-refractivity contribution in [3.8, 4) is 0 Å². The summed E-state index contributed by atoms with van der Waals surface area (Å²) in [4.78, 5) is 44.4. The van der Waals surface area contributed by atoms with E-state index in [4.69, 9.17) is 5.73 Å². The molecule has 0 fully saturated rings. The molecule has 7 nitrogen and oxygen atoms in total. The van der Waals surface area contributed by atoms with Crippen molar-refractivity contribution >= 4 is 42.5 Å². The van der Waals surface area contributed by atoms with Crippen molar-refractivity contribution in [3.05, 3.63) is 65.0 Å². The van der Waals surface area contributed by atoms with E-state index in [1.807, 2.05) is 6.92 Å². The van der Waals surface area contributed by atoms with Gasteiger partial charge >= 0.3 is 0 Å². The van der Waals surface area contributed by atoms with Gasteiger partial charge in [-0.2, -0.15) is 0 Å². The molecule has 0 radical (unpaired) electrons. The van der Waals surface area contributed by atoms with Gasteiger partial charge < -0.3 is 10.6 Å². The Balaban J connectivity index is 0.00000196. The van der Waals surface area contributed by atoms with E-state index in [1.165, 1.54) is 21.9 Å². The minimum absolute atomic E-state index is 0. The summed E-state index contributed by atoms with van der Waals surface area (Å²) < 4.78 is 0. The third-order valence-electron chi connectivity index (χ3n) is 4.63. The van der Waals surface area contributed by atoms with Crippen molar-refractivity contribution < 1.29 is 14.4 Å². The van der Waals surface area contributed by atoms with Crippen LogP contribution in [0.15, 0.2) is 42.7 Å². The van der Waals surface area contributed by atoms with E-state index in [0.29, 0.717) is 17.7 Å². The SMILES string of the molecule is CC(CN)N(C)C(=O)c1ccc2c(c1)C(=O)N(Cc1ccncc1)C2=O.Cl.Cl. The number of likely N-dealkylation sites (N-methyl/N-ethyl adjacent to an activating group) is 1. The fourth-order valence-corrected chi connectivity index (χ4v) is 2.80. The third kappa shape index (κ3) is 4.32. The first-order chi connectivity index (χ1) is 12.4. The molecule has 3 rings (SSSR count). The number of hydrogen-bond acceptors (Lipinski definition) is 5. The highest BCUT2D eigenvalue weighted by Gasteiger charge is 2.36. The number of carbonyl (C=O) groups excluding carboxylic acids is 3. The Morgan fingerprint density at radius 2 is 1.71 bits per heavy atom. The topological polar surface area (TPSA) is 96.6 Å². The Morgan fingerprint density at radius 1 is 1.11 bits per heavy atom. The second kappa shape index (κ2) is 9.64. The fourth-order valence-electron chi connectivity index (χ4n) is 2.80. The van der Waals surface area contributed by atoms with Gasteiger partial charge in [0.2, 0.25) is 0 Å². The lowest BCUT2D eigenvalue weighted by molar-refractivity contribution is 0.0642. The molecule has 0 saturated carbocycles. The van der Waals surface area contributed by atoms with Gasteiger partial charge in [-0.15, -0.1) is 24.8 Å². The predicted octanol–water partition coefficient (Wildman–Crippen LogP) is 2.14. The van der Waals surface area contributed by atoms with Crippen molar-refractivity contribution in [2.24, 2.45) is 5.73 Å². The quantitative estimate of drug-likeness (QED) is 0.741. The van der Waals surface area contributed by atoms with Crippen LogP contribution in [-0.2, 0) is 6.54 Å². The number of pyridine rings is 1. The molecule has 1 aliphatic heterocycles. The molecule has 0 aliphatic carbocycles. The van der Waals surface area contributed by atoms with Crippen molar-refractivity contribution in [1.82, 2.24) is 14.8 Å². The summed E-state index contributed by atoms with van der Waals surface area (Å²) in [6, 6.07) is 7.97. The van der Waals surface area contributed by atoms with E-state index in [0.717, 1.165) is 5.56 Å². The van der Waals surface area contributed by atoms with Crippen molar-refractivity contribution in [3.63, 3.8) is 0 Å². The molecule has 1 aromatic carbocycles. The summed E-state index contributed by atoms with van der Waals surface area (Å²) in [5.74, 6) is -0.992. The van der Waals surface area contributed by atoms with E-state index in [9.17, 15) is 14.4 Å². The predicted molar refractivity (Wildman–Crippen MR) is 110 cm³/mol. The normalized spacial score (nSPS) is 13.3. The van der Waals surface area contributed by atoms with Crippen LogP contribution in [0.5, 0.6) is 0 Å². The Morgan fingerprint density at radius 3 is 2.32 bits per heavy atom. The number of fused-ring (bicyclic) bond motifs is 1. The largest absolute Gasteiger partial charge is 0.338 e. The number of carbonyl (C=O) groups is 3. The number of amides is 3. The zero-order valence-electron chi connectivity index (χ0n) is 15.5. The maximum Gasteiger partial charge on any atom is 0.261 e. The molecular formula is C19H22Cl2N4O3. The summed E-state index contributed by atoms with van der Waals surface area (Å²) in [5, 5.41) is 0. The first kappa shape index (κ1) is 23.6. The summed E-state index contributed by atoms with van der Waals surface area (Å²) in [7, 11) is 1.66. The Kier molecular flexibility index (Phi) is 8.11. The summed E-state index contributed by atoms with van der Waals surface area (Å²) in [5.41, 5.74) is 7.34.